The van der Waals surface area contributed by atoms with Gasteiger partial charge in [-0.05, 0) is 30.5 Å². The summed E-state index contributed by atoms with van der Waals surface area (Å²) in [6, 6.07) is 7.79. The molecule has 0 bridgehead atoms. The van der Waals surface area contributed by atoms with E-state index in [1.807, 2.05) is 24.3 Å². The van der Waals surface area contributed by atoms with Crippen molar-refractivity contribution in [3.63, 3.8) is 0 Å². The van der Waals surface area contributed by atoms with Gasteiger partial charge in [0.05, 0.1) is 5.56 Å². The average Bonchev–Trinajstić information content (AvgIpc) is 2.87. The van der Waals surface area contributed by atoms with Crippen LogP contribution in [0.2, 0.25) is 0 Å². The molecular weight excluding hydrogens is 346 g/mol. The maximum Gasteiger partial charge on any atom is 0.270 e. The highest BCUT2D eigenvalue weighted by Crippen LogP contribution is 2.43. The largest absolute Gasteiger partial charge is 0.343 e. The monoisotopic (exact) mass is 359 g/mol. The Morgan fingerprint density at radius 1 is 1.14 bits per heavy atom. The Bertz CT molecular complexity index is 862. The number of fused-ring (bicyclic) bond motifs is 1. The predicted octanol–water partition coefficient (Wildman–Crippen LogP) is 3.03. The quantitative estimate of drug-likeness (QED) is 0.732. The van der Waals surface area contributed by atoms with Gasteiger partial charge in [0.15, 0.2) is 5.78 Å². The minimum Gasteiger partial charge on any atom is -0.343 e. The van der Waals surface area contributed by atoms with Crippen molar-refractivity contribution in [3.05, 3.63) is 61.5 Å². The molecule has 2 aliphatic rings. The van der Waals surface area contributed by atoms with Crippen LogP contribution < -0.4 is 10.9 Å². The fourth-order valence-corrected chi connectivity index (χ4v) is 3.80. The summed E-state index contributed by atoms with van der Waals surface area (Å²) in [4.78, 5) is 24.7. The van der Waals surface area contributed by atoms with Crippen LogP contribution in [0, 0.1) is 0 Å². The van der Waals surface area contributed by atoms with E-state index in [2.05, 4.69) is 31.4 Å². The van der Waals surface area contributed by atoms with Crippen molar-refractivity contribution in [2.75, 3.05) is 5.32 Å². The maximum atomic E-state index is 12.5. The Labute approximate surface area is 134 Å². The zero-order valence-corrected chi connectivity index (χ0v) is 13.3. The van der Waals surface area contributed by atoms with Crippen molar-refractivity contribution in [1.29, 1.82) is 0 Å². The smallest absolute Gasteiger partial charge is 0.270 e. The Hall–Kier alpha value is -2.08. The van der Waals surface area contributed by atoms with Gasteiger partial charge in [-0.25, -0.2) is 0 Å². The number of nitrogens with one attached hydrogen (secondary N) is 3. The topological polar surface area (TPSA) is 77.8 Å². The number of allylic oxidation sites excluding steroid dienone is 2. The second-order valence-electron chi connectivity index (χ2n) is 5.65. The summed E-state index contributed by atoms with van der Waals surface area (Å²) in [5.74, 6) is 0.486. The summed E-state index contributed by atoms with van der Waals surface area (Å²) >= 11 is 3.47. The molecule has 22 heavy (non-hydrogen) atoms. The van der Waals surface area contributed by atoms with Gasteiger partial charge >= 0.3 is 0 Å². The van der Waals surface area contributed by atoms with E-state index >= 15 is 0 Å². The summed E-state index contributed by atoms with van der Waals surface area (Å²) in [5, 5.41) is 8.73. The molecule has 4 rings (SSSR count). The van der Waals surface area contributed by atoms with E-state index in [0.717, 1.165) is 34.1 Å². The molecule has 1 aromatic heterocycles. The minimum absolute atomic E-state index is 0.130. The number of hydrogen-bond acceptors (Lipinski definition) is 3. The Morgan fingerprint density at radius 2 is 2.00 bits per heavy atom. The van der Waals surface area contributed by atoms with Gasteiger partial charge in [0.1, 0.15) is 5.82 Å². The van der Waals surface area contributed by atoms with Crippen molar-refractivity contribution in [2.45, 2.75) is 25.2 Å². The van der Waals surface area contributed by atoms with Crippen LogP contribution >= 0.6 is 15.9 Å². The minimum atomic E-state index is -0.313. The van der Waals surface area contributed by atoms with E-state index in [0.29, 0.717) is 17.8 Å². The fourth-order valence-electron chi connectivity index (χ4n) is 3.38. The second-order valence-corrected chi connectivity index (χ2v) is 6.57. The van der Waals surface area contributed by atoms with Crippen LogP contribution in [0.5, 0.6) is 0 Å². The third-order valence-corrected chi connectivity index (χ3v) is 4.80. The number of ketones is 1. The van der Waals surface area contributed by atoms with Gasteiger partial charge in [0.2, 0.25) is 0 Å². The van der Waals surface area contributed by atoms with Crippen LogP contribution in [0.3, 0.4) is 0 Å². The number of anilines is 1. The summed E-state index contributed by atoms with van der Waals surface area (Å²) < 4.78 is 0.933. The SMILES string of the molecule is O=C1CCCC2=C1[C@H](c1cccc(Br)c1)c1c([nH][nH]c1=O)N2. The molecule has 1 aliphatic carbocycles. The van der Waals surface area contributed by atoms with E-state index < -0.39 is 0 Å². The van der Waals surface area contributed by atoms with Gasteiger partial charge in [0.25, 0.3) is 5.56 Å². The lowest BCUT2D eigenvalue weighted by Gasteiger charge is -2.31. The normalized spacial score (nSPS) is 20.4. The van der Waals surface area contributed by atoms with Crippen molar-refractivity contribution >= 4 is 27.5 Å². The first-order chi connectivity index (χ1) is 10.6. The number of benzene rings is 1. The molecule has 2 heterocycles. The van der Waals surface area contributed by atoms with Crippen molar-refractivity contribution in [3.8, 4) is 0 Å². The lowest BCUT2D eigenvalue weighted by Crippen LogP contribution is -2.29. The molecule has 1 aliphatic heterocycles. The lowest BCUT2D eigenvalue weighted by molar-refractivity contribution is -0.116. The molecule has 0 spiro atoms. The number of rotatable bonds is 1. The number of aromatic amines is 2. The first-order valence-electron chi connectivity index (χ1n) is 7.24. The maximum absolute atomic E-state index is 12.5. The molecule has 0 amide bonds. The standard InChI is InChI=1S/C16H14BrN3O2/c17-9-4-1-3-8(7-9)12-13-10(5-2-6-11(13)21)18-15-14(12)16(22)20-19-15/h1,3-4,7,12H,2,5-6H2,(H3,18,19,20,22)/t12-/m0/s1. The molecule has 112 valence electrons. The van der Waals surface area contributed by atoms with E-state index in [9.17, 15) is 9.59 Å². The van der Waals surface area contributed by atoms with Crippen molar-refractivity contribution in [2.24, 2.45) is 0 Å². The Morgan fingerprint density at radius 3 is 2.82 bits per heavy atom. The number of aromatic nitrogens is 2. The molecule has 5 nitrogen and oxygen atoms in total. The molecule has 0 radical (unpaired) electrons. The van der Waals surface area contributed by atoms with Crippen LogP contribution in [-0.2, 0) is 4.79 Å². The fraction of sp³-hybridized carbons (Fsp3) is 0.250. The van der Waals surface area contributed by atoms with Crippen LogP contribution in [0.1, 0.15) is 36.3 Å². The van der Waals surface area contributed by atoms with Crippen LogP contribution in [-0.4, -0.2) is 16.0 Å². The number of halogens is 1. The molecule has 1 atom stereocenters. The third kappa shape index (κ3) is 1.98. The first-order valence-corrected chi connectivity index (χ1v) is 8.03. The Balaban J connectivity index is 1.98. The molecule has 3 N–H and O–H groups in total. The lowest BCUT2D eigenvalue weighted by atomic mass is 9.77. The van der Waals surface area contributed by atoms with Crippen molar-refractivity contribution in [1.82, 2.24) is 10.2 Å². The third-order valence-electron chi connectivity index (χ3n) is 4.31. The van der Waals surface area contributed by atoms with E-state index in [-0.39, 0.29) is 17.3 Å². The van der Waals surface area contributed by atoms with Crippen LogP contribution in [0.15, 0.2) is 44.8 Å². The molecule has 0 unspecified atom stereocenters. The molecule has 6 heteroatoms. The highest BCUT2D eigenvalue weighted by atomic mass is 79.9. The summed E-state index contributed by atoms with van der Waals surface area (Å²) in [6.07, 6.45) is 2.22. The van der Waals surface area contributed by atoms with Crippen molar-refractivity contribution < 1.29 is 4.79 Å². The molecule has 0 saturated carbocycles. The van der Waals surface area contributed by atoms with Gasteiger partial charge in [-0.2, -0.15) is 0 Å². The molecule has 0 saturated heterocycles. The summed E-state index contributed by atoms with van der Waals surface area (Å²) in [5.41, 5.74) is 3.03. The van der Waals surface area contributed by atoms with Gasteiger partial charge in [0, 0.05) is 28.1 Å². The number of H-pyrrole nitrogens is 2. The van der Waals surface area contributed by atoms with E-state index in [1.165, 1.54) is 0 Å². The average molecular weight is 360 g/mol. The number of carbonyl (C=O) groups excluding carboxylic acids is 1. The summed E-state index contributed by atoms with van der Waals surface area (Å²) in [6.45, 7) is 0. The zero-order valence-electron chi connectivity index (χ0n) is 11.7. The van der Waals surface area contributed by atoms with Gasteiger partial charge in [-0.1, -0.05) is 28.1 Å². The Kier molecular flexibility index (Phi) is 3.07. The van der Waals surface area contributed by atoms with E-state index in [4.69, 9.17) is 0 Å². The molecule has 2 aromatic rings. The molecular formula is C16H14BrN3O2. The second kappa shape index (κ2) is 4.98. The molecule has 0 fully saturated rings. The first kappa shape index (κ1) is 13.6. The van der Waals surface area contributed by atoms with E-state index in [1.54, 1.807) is 0 Å². The van der Waals surface area contributed by atoms with Gasteiger partial charge in [-0.15, -0.1) is 0 Å². The highest BCUT2D eigenvalue weighted by molar-refractivity contribution is 9.10. The van der Waals surface area contributed by atoms with Gasteiger partial charge < -0.3 is 5.32 Å². The van der Waals surface area contributed by atoms with Crippen LogP contribution in [0.4, 0.5) is 5.82 Å². The number of Topliss-reactive ketones (excluding diaryl/α,β-unsaturated/α-hetero) is 1. The number of carbonyl (C=O) groups is 1. The zero-order chi connectivity index (χ0) is 15.3. The molecule has 1 aromatic carbocycles. The summed E-state index contributed by atoms with van der Waals surface area (Å²) in [7, 11) is 0. The number of hydrogen-bond donors (Lipinski definition) is 3. The highest BCUT2D eigenvalue weighted by Gasteiger charge is 2.37. The predicted molar refractivity (Wildman–Crippen MR) is 86.9 cm³/mol. The van der Waals surface area contributed by atoms with Crippen LogP contribution in [0.25, 0.3) is 0 Å². The van der Waals surface area contributed by atoms with Gasteiger partial charge in [-0.3, -0.25) is 19.8 Å².